The maximum absolute atomic E-state index is 10.1. The second kappa shape index (κ2) is 2.44. The molecule has 0 saturated carbocycles. The molecule has 0 saturated heterocycles. The van der Waals surface area contributed by atoms with Crippen molar-refractivity contribution in [1.29, 1.82) is 0 Å². The summed E-state index contributed by atoms with van der Waals surface area (Å²) in [5, 5.41) is 3.87. The first-order chi connectivity index (χ1) is 4.34. The molecule has 0 aromatic carbocycles. The second-order valence-electron chi connectivity index (χ2n) is 1.86. The highest BCUT2D eigenvalue weighted by molar-refractivity contribution is 5.54. The molecule has 0 aliphatic heterocycles. The van der Waals surface area contributed by atoms with Crippen molar-refractivity contribution in [2.24, 2.45) is 0 Å². The topological polar surface area (TPSA) is 34.9 Å². The van der Waals surface area contributed by atoms with Crippen LogP contribution in [0, 0.1) is 0 Å². The zero-order valence-corrected chi connectivity index (χ0v) is 5.19. The summed E-state index contributed by atoms with van der Waals surface area (Å²) in [5.74, 6) is 0. The number of aromatic nitrogens is 2. The third kappa shape index (κ3) is 1.16. The Morgan fingerprint density at radius 1 is 1.78 bits per heavy atom. The number of carbonyl (C=O) groups excluding carboxylic acids is 1. The number of hydrogen-bond acceptors (Lipinski definition) is 2. The zero-order valence-electron chi connectivity index (χ0n) is 5.19. The Morgan fingerprint density at radius 2 is 2.56 bits per heavy atom. The number of aldehydes is 1. The molecule has 1 aromatic heterocycles. The van der Waals surface area contributed by atoms with Gasteiger partial charge in [-0.1, -0.05) is 0 Å². The molecule has 1 atom stereocenters. The van der Waals surface area contributed by atoms with E-state index >= 15 is 0 Å². The third-order valence-electron chi connectivity index (χ3n) is 1.14. The van der Waals surface area contributed by atoms with Gasteiger partial charge in [0.05, 0.1) is 0 Å². The third-order valence-corrected chi connectivity index (χ3v) is 1.14. The highest BCUT2D eigenvalue weighted by Crippen LogP contribution is 1.96. The maximum Gasteiger partial charge on any atom is 0.144 e. The summed E-state index contributed by atoms with van der Waals surface area (Å²) in [6, 6.07) is 1.65. The van der Waals surface area contributed by atoms with Crippen LogP contribution in [0.1, 0.15) is 13.0 Å². The van der Waals surface area contributed by atoms with Gasteiger partial charge in [-0.25, -0.2) is 0 Å². The normalized spacial score (nSPS) is 13.0. The van der Waals surface area contributed by atoms with Gasteiger partial charge in [-0.2, -0.15) is 5.10 Å². The van der Waals surface area contributed by atoms with Crippen molar-refractivity contribution in [2.75, 3.05) is 0 Å². The van der Waals surface area contributed by atoms with Crippen molar-refractivity contribution in [3.8, 4) is 0 Å². The Kier molecular flexibility index (Phi) is 1.63. The molecule has 48 valence electrons. The van der Waals surface area contributed by atoms with Gasteiger partial charge in [0.15, 0.2) is 0 Å². The zero-order chi connectivity index (χ0) is 6.69. The molecule has 1 rings (SSSR count). The molecule has 0 N–H and O–H groups in total. The van der Waals surface area contributed by atoms with E-state index in [0.717, 1.165) is 6.29 Å². The smallest absolute Gasteiger partial charge is 0.144 e. The molecule has 1 unspecified atom stereocenters. The molecule has 3 nitrogen and oxygen atoms in total. The molecule has 3 heteroatoms. The molecule has 0 radical (unpaired) electrons. The van der Waals surface area contributed by atoms with Crippen molar-refractivity contribution in [3.05, 3.63) is 18.5 Å². The minimum atomic E-state index is -0.139. The van der Waals surface area contributed by atoms with Gasteiger partial charge in [-0.3, -0.25) is 4.68 Å². The lowest BCUT2D eigenvalue weighted by atomic mass is 10.4. The van der Waals surface area contributed by atoms with Crippen LogP contribution in [0.5, 0.6) is 0 Å². The van der Waals surface area contributed by atoms with E-state index < -0.39 is 0 Å². The lowest BCUT2D eigenvalue weighted by Gasteiger charge is -2.00. The largest absolute Gasteiger partial charge is 0.301 e. The first kappa shape index (κ1) is 6.01. The highest BCUT2D eigenvalue weighted by atomic mass is 16.1. The molecular weight excluding hydrogens is 116 g/mol. The molecule has 0 spiro atoms. The predicted molar refractivity (Wildman–Crippen MR) is 33.0 cm³/mol. The molecule has 0 fully saturated rings. The van der Waals surface area contributed by atoms with Crippen LogP contribution in [0.3, 0.4) is 0 Å². The minimum Gasteiger partial charge on any atom is -0.301 e. The fourth-order valence-electron chi connectivity index (χ4n) is 0.584. The molecule has 0 aliphatic rings. The van der Waals surface area contributed by atoms with E-state index in [0.29, 0.717) is 0 Å². The van der Waals surface area contributed by atoms with Gasteiger partial charge in [-0.15, -0.1) is 0 Å². The Morgan fingerprint density at radius 3 is 3.00 bits per heavy atom. The molecule has 0 bridgehead atoms. The van der Waals surface area contributed by atoms with Crippen molar-refractivity contribution >= 4 is 6.29 Å². The molecule has 1 aromatic rings. The average Bonchev–Trinajstić information content (AvgIpc) is 2.37. The molecule has 0 aliphatic carbocycles. The summed E-state index contributed by atoms with van der Waals surface area (Å²) in [6.45, 7) is 1.79. The number of rotatable bonds is 2. The number of nitrogens with zero attached hydrogens (tertiary/aromatic N) is 2. The molecular formula is C6H8N2O. The van der Waals surface area contributed by atoms with E-state index in [1.165, 1.54) is 0 Å². The van der Waals surface area contributed by atoms with Crippen molar-refractivity contribution in [1.82, 2.24) is 9.78 Å². The average molecular weight is 124 g/mol. The van der Waals surface area contributed by atoms with Gasteiger partial charge in [0.25, 0.3) is 0 Å². The van der Waals surface area contributed by atoms with Gasteiger partial charge in [0.2, 0.25) is 0 Å². The first-order valence-electron chi connectivity index (χ1n) is 2.79. The van der Waals surface area contributed by atoms with E-state index in [1.54, 1.807) is 30.1 Å². The first-order valence-corrected chi connectivity index (χ1v) is 2.79. The van der Waals surface area contributed by atoms with Crippen LogP contribution in [0.15, 0.2) is 18.5 Å². The van der Waals surface area contributed by atoms with E-state index in [9.17, 15) is 4.79 Å². The number of hydrogen-bond donors (Lipinski definition) is 0. The predicted octanol–water partition coefficient (Wildman–Crippen LogP) is 0.643. The van der Waals surface area contributed by atoms with Gasteiger partial charge >= 0.3 is 0 Å². The minimum absolute atomic E-state index is 0.139. The van der Waals surface area contributed by atoms with Crippen LogP contribution >= 0.6 is 0 Å². The van der Waals surface area contributed by atoms with E-state index in [-0.39, 0.29) is 6.04 Å². The van der Waals surface area contributed by atoms with Crippen LogP contribution in [0.25, 0.3) is 0 Å². The second-order valence-corrected chi connectivity index (χ2v) is 1.86. The Labute approximate surface area is 53.3 Å². The summed E-state index contributed by atoms with van der Waals surface area (Å²) in [7, 11) is 0. The molecule has 1 heterocycles. The monoisotopic (exact) mass is 124 g/mol. The molecule has 0 amide bonds. The van der Waals surface area contributed by atoms with E-state index in [4.69, 9.17) is 0 Å². The molecule has 9 heavy (non-hydrogen) atoms. The van der Waals surface area contributed by atoms with Gasteiger partial charge in [0.1, 0.15) is 12.3 Å². The van der Waals surface area contributed by atoms with Gasteiger partial charge in [-0.05, 0) is 13.0 Å². The lowest BCUT2D eigenvalue weighted by molar-refractivity contribution is -0.110. The quantitative estimate of drug-likeness (QED) is 0.542. The van der Waals surface area contributed by atoms with Crippen molar-refractivity contribution in [2.45, 2.75) is 13.0 Å². The number of carbonyl (C=O) groups is 1. The van der Waals surface area contributed by atoms with E-state index in [2.05, 4.69) is 5.10 Å². The summed E-state index contributed by atoms with van der Waals surface area (Å²) in [5.41, 5.74) is 0. The van der Waals surface area contributed by atoms with Gasteiger partial charge < -0.3 is 4.79 Å². The summed E-state index contributed by atoms with van der Waals surface area (Å²) >= 11 is 0. The Hall–Kier alpha value is -1.12. The Balaban J connectivity index is 2.76. The highest BCUT2D eigenvalue weighted by Gasteiger charge is 1.98. The SMILES string of the molecule is CC(C=O)n1cccn1. The standard InChI is InChI=1S/C6H8N2O/c1-6(5-9)8-4-2-3-7-8/h2-6H,1H3. The maximum atomic E-state index is 10.1. The summed E-state index contributed by atoms with van der Waals surface area (Å²) in [4.78, 5) is 10.1. The Bertz CT molecular complexity index is 181. The van der Waals surface area contributed by atoms with Crippen LogP contribution in [0.2, 0.25) is 0 Å². The van der Waals surface area contributed by atoms with Crippen molar-refractivity contribution < 1.29 is 4.79 Å². The lowest BCUT2D eigenvalue weighted by Crippen LogP contribution is -2.05. The van der Waals surface area contributed by atoms with Crippen LogP contribution < -0.4 is 0 Å². The van der Waals surface area contributed by atoms with Crippen LogP contribution in [-0.4, -0.2) is 16.1 Å². The van der Waals surface area contributed by atoms with Gasteiger partial charge in [0, 0.05) is 12.4 Å². The van der Waals surface area contributed by atoms with Crippen molar-refractivity contribution in [3.63, 3.8) is 0 Å². The fourth-order valence-corrected chi connectivity index (χ4v) is 0.584. The summed E-state index contributed by atoms with van der Waals surface area (Å²) < 4.78 is 1.60. The van der Waals surface area contributed by atoms with E-state index in [1.807, 2.05) is 0 Å². The van der Waals surface area contributed by atoms with Crippen LogP contribution in [-0.2, 0) is 4.79 Å². The fraction of sp³-hybridized carbons (Fsp3) is 0.333. The van der Waals surface area contributed by atoms with Crippen LogP contribution in [0.4, 0.5) is 0 Å². The summed E-state index contributed by atoms with van der Waals surface area (Å²) in [6.07, 6.45) is 4.27.